The Morgan fingerprint density at radius 2 is 1.58 bits per heavy atom. The number of hydrogen-bond acceptors (Lipinski definition) is 2. The van der Waals surface area contributed by atoms with E-state index in [1.54, 1.807) is 12.1 Å². The molecule has 0 aromatic heterocycles. The van der Waals surface area contributed by atoms with E-state index in [2.05, 4.69) is 19.9 Å². The lowest BCUT2D eigenvalue weighted by molar-refractivity contribution is 0.144. The zero-order valence-electron chi connectivity index (χ0n) is 11.0. The molecule has 0 heterocycles. The van der Waals surface area contributed by atoms with Crippen LogP contribution in [0.1, 0.15) is 25.3 Å². The molecule has 0 unspecified atom stereocenters. The summed E-state index contributed by atoms with van der Waals surface area (Å²) in [5.41, 5.74) is 2.98. The number of para-hydroxylation sites is 1. The molecule has 3 heteroatoms. The van der Waals surface area contributed by atoms with Crippen LogP contribution >= 0.6 is 0 Å². The number of carbonyl (C=O) groups is 1. The minimum atomic E-state index is -1.30. The predicted octanol–water partition coefficient (Wildman–Crippen LogP) is 4.53. The summed E-state index contributed by atoms with van der Waals surface area (Å²) in [5, 5.41) is 8.79. The van der Waals surface area contributed by atoms with Gasteiger partial charge in [-0.3, -0.25) is 0 Å². The molecule has 98 valence electrons. The van der Waals surface area contributed by atoms with Gasteiger partial charge in [0, 0.05) is 5.56 Å². The normalized spacial score (nSPS) is 10.5. The molecular weight excluding hydrogens is 240 g/mol. The number of hydrogen-bond donors (Lipinski definition) is 1. The van der Waals surface area contributed by atoms with Crippen molar-refractivity contribution in [3.63, 3.8) is 0 Å². The van der Waals surface area contributed by atoms with Gasteiger partial charge in [-0.2, -0.15) is 0 Å². The van der Waals surface area contributed by atoms with E-state index >= 15 is 0 Å². The molecule has 0 aliphatic rings. The summed E-state index contributed by atoms with van der Waals surface area (Å²) in [4.78, 5) is 10.7. The second kappa shape index (κ2) is 5.57. The van der Waals surface area contributed by atoms with Crippen molar-refractivity contribution in [2.75, 3.05) is 0 Å². The molecule has 1 N–H and O–H groups in total. The van der Waals surface area contributed by atoms with Crippen molar-refractivity contribution in [2.45, 2.75) is 19.8 Å². The molecule has 0 bridgehead atoms. The van der Waals surface area contributed by atoms with Gasteiger partial charge in [-0.25, -0.2) is 4.79 Å². The molecule has 2 aromatic rings. The highest BCUT2D eigenvalue weighted by Gasteiger charge is 2.13. The highest BCUT2D eigenvalue weighted by molar-refractivity contribution is 5.76. The fourth-order valence-corrected chi connectivity index (χ4v) is 2.12. The highest BCUT2D eigenvalue weighted by Crippen LogP contribution is 2.35. The Kier molecular flexibility index (Phi) is 3.85. The first kappa shape index (κ1) is 13.1. The van der Waals surface area contributed by atoms with Gasteiger partial charge < -0.3 is 9.84 Å². The average Bonchev–Trinajstić information content (AvgIpc) is 2.38. The molecular formula is C16H16O3. The van der Waals surface area contributed by atoms with Crippen molar-refractivity contribution >= 4 is 6.16 Å². The van der Waals surface area contributed by atoms with Gasteiger partial charge in [-0.15, -0.1) is 0 Å². The largest absolute Gasteiger partial charge is 0.511 e. The van der Waals surface area contributed by atoms with Gasteiger partial charge in [0.1, 0.15) is 5.75 Å². The van der Waals surface area contributed by atoms with Crippen LogP contribution in [0, 0.1) is 0 Å². The van der Waals surface area contributed by atoms with Crippen LogP contribution in [0.25, 0.3) is 11.1 Å². The van der Waals surface area contributed by atoms with E-state index in [4.69, 9.17) is 9.84 Å². The Balaban J connectivity index is 2.56. The van der Waals surface area contributed by atoms with Crippen molar-refractivity contribution in [1.82, 2.24) is 0 Å². The second-order valence-electron chi connectivity index (χ2n) is 4.61. The topological polar surface area (TPSA) is 46.5 Å². The average molecular weight is 256 g/mol. The molecule has 0 amide bonds. The van der Waals surface area contributed by atoms with Gasteiger partial charge in [-0.1, -0.05) is 56.3 Å². The summed E-state index contributed by atoms with van der Waals surface area (Å²) < 4.78 is 4.85. The lowest BCUT2D eigenvalue weighted by Gasteiger charge is -2.15. The third kappa shape index (κ3) is 2.94. The van der Waals surface area contributed by atoms with Crippen LogP contribution in [0.3, 0.4) is 0 Å². The van der Waals surface area contributed by atoms with E-state index in [-0.39, 0.29) is 0 Å². The van der Waals surface area contributed by atoms with Crippen molar-refractivity contribution in [2.24, 2.45) is 0 Å². The molecule has 0 aliphatic heterocycles. The Bertz CT molecular complexity index is 588. The molecule has 2 rings (SSSR count). The van der Waals surface area contributed by atoms with Crippen LogP contribution in [-0.2, 0) is 0 Å². The number of benzene rings is 2. The molecule has 0 saturated carbocycles. The summed E-state index contributed by atoms with van der Waals surface area (Å²) in [6.07, 6.45) is -1.30. The molecule has 19 heavy (non-hydrogen) atoms. The van der Waals surface area contributed by atoms with E-state index in [1.807, 2.05) is 30.3 Å². The van der Waals surface area contributed by atoms with Gasteiger partial charge in [0.25, 0.3) is 0 Å². The predicted molar refractivity (Wildman–Crippen MR) is 74.6 cm³/mol. The van der Waals surface area contributed by atoms with Crippen LogP contribution in [0.4, 0.5) is 4.79 Å². The second-order valence-corrected chi connectivity index (χ2v) is 4.61. The van der Waals surface area contributed by atoms with Crippen LogP contribution in [0.2, 0.25) is 0 Å². The number of carboxylic acid groups (broad SMARTS) is 1. The van der Waals surface area contributed by atoms with E-state index < -0.39 is 6.16 Å². The van der Waals surface area contributed by atoms with E-state index in [1.165, 1.54) is 5.56 Å². The Morgan fingerprint density at radius 1 is 1.00 bits per heavy atom. The zero-order valence-corrected chi connectivity index (χ0v) is 11.0. The van der Waals surface area contributed by atoms with Crippen LogP contribution in [0.5, 0.6) is 5.75 Å². The lowest BCUT2D eigenvalue weighted by atomic mass is 9.92. The first-order valence-electron chi connectivity index (χ1n) is 6.18. The quantitative estimate of drug-likeness (QED) is 0.648. The third-order valence-corrected chi connectivity index (χ3v) is 2.96. The molecule has 0 radical (unpaired) electrons. The summed E-state index contributed by atoms with van der Waals surface area (Å²) in [5.74, 6) is 0.720. The van der Waals surface area contributed by atoms with E-state index in [0.717, 1.165) is 11.1 Å². The van der Waals surface area contributed by atoms with Gasteiger partial charge in [0.2, 0.25) is 0 Å². The van der Waals surface area contributed by atoms with Crippen LogP contribution in [0.15, 0.2) is 48.5 Å². The van der Waals surface area contributed by atoms with Gasteiger partial charge in [0.15, 0.2) is 0 Å². The maximum atomic E-state index is 10.7. The maximum absolute atomic E-state index is 10.7. The maximum Gasteiger partial charge on any atom is 0.511 e. The highest BCUT2D eigenvalue weighted by atomic mass is 16.7. The summed E-state index contributed by atoms with van der Waals surface area (Å²) in [7, 11) is 0. The Hall–Kier alpha value is -2.29. The third-order valence-electron chi connectivity index (χ3n) is 2.96. The van der Waals surface area contributed by atoms with Crippen molar-refractivity contribution < 1.29 is 14.6 Å². The van der Waals surface area contributed by atoms with Crippen molar-refractivity contribution in [3.8, 4) is 16.9 Å². The number of rotatable bonds is 3. The SMILES string of the molecule is CC(C)c1ccccc1-c1ccccc1OC(=O)O. The van der Waals surface area contributed by atoms with Crippen LogP contribution < -0.4 is 4.74 Å². The molecule has 0 saturated heterocycles. The fraction of sp³-hybridized carbons (Fsp3) is 0.188. The van der Waals surface area contributed by atoms with Crippen LogP contribution in [-0.4, -0.2) is 11.3 Å². The first-order valence-corrected chi connectivity index (χ1v) is 6.18. The number of ether oxygens (including phenoxy) is 1. The van der Waals surface area contributed by atoms with Crippen molar-refractivity contribution in [3.05, 3.63) is 54.1 Å². The van der Waals surface area contributed by atoms with Gasteiger partial charge in [0.05, 0.1) is 0 Å². The Labute approximate surface area is 112 Å². The van der Waals surface area contributed by atoms with E-state index in [9.17, 15) is 4.79 Å². The minimum Gasteiger partial charge on any atom is -0.449 e. The fourth-order valence-electron chi connectivity index (χ4n) is 2.12. The first-order chi connectivity index (χ1) is 9.09. The summed E-state index contributed by atoms with van der Waals surface area (Å²) in [6, 6.07) is 15.1. The molecule has 0 spiro atoms. The zero-order chi connectivity index (χ0) is 13.8. The van der Waals surface area contributed by atoms with E-state index in [0.29, 0.717) is 11.7 Å². The molecule has 3 nitrogen and oxygen atoms in total. The Morgan fingerprint density at radius 3 is 2.21 bits per heavy atom. The van der Waals surface area contributed by atoms with Gasteiger partial charge >= 0.3 is 6.16 Å². The monoisotopic (exact) mass is 256 g/mol. The molecule has 2 aromatic carbocycles. The summed E-state index contributed by atoms with van der Waals surface area (Å²) >= 11 is 0. The minimum absolute atomic E-state index is 0.356. The lowest BCUT2D eigenvalue weighted by Crippen LogP contribution is -2.04. The smallest absolute Gasteiger partial charge is 0.449 e. The standard InChI is InChI=1S/C16H16O3/c1-11(2)12-7-3-4-8-13(12)14-9-5-6-10-15(14)19-16(17)18/h3-11H,1-2H3,(H,17,18). The van der Waals surface area contributed by atoms with Crippen molar-refractivity contribution in [1.29, 1.82) is 0 Å². The molecule has 0 aliphatic carbocycles. The summed E-state index contributed by atoms with van der Waals surface area (Å²) in [6.45, 7) is 4.22. The van der Waals surface area contributed by atoms with Gasteiger partial charge in [-0.05, 0) is 23.1 Å². The molecule has 0 fully saturated rings. The molecule has 0 atom stereocenters.